The summed E-state index contributed by atoms with van der Waals surface area (Å²) < 4.78 is 5.13. The van der Waals surface area contributed by atoms with Crippen LogP contribution in [0.4, 0.5) is 0 Å². The molecular formula is C10H19N3O3. The quantitative estimate of drug-likeness (QED) is 0.574. The lowest BCUT2D eigenvalue weighted by molar-refractivity contribution is -0.146. The van der Waals surface area contributed by atoms with Crippen LogP contribution in [-0.2, 0) is 14.3 Å². The zero-order valence-electron chi connectivity index (χ0n) is 9.57. The first-order valence-corrected chi connectivity index (χ1v) is 5.54. The van der Waals surface area contributed by atoms with E-state index in [9.17, 15) is 9.59 Å². The molecule has 1 aliphatic rings. The third-order valence-electron chi connectivity index (χ3n) is 2.48. The number of hydrogen-bond donors (Lipinski definition) is 2. The Morgan fingerprint density at radius 2 is 2.31 bits per heavy atom. The molecule has 16 heavy (non-hydrogen) atoms. The van der Waals surface area contributed by atoms with E-state index in [1.54, 1.807) is 0 Å². The summed E-state index contributed by atoms with van der Waals surface area (Å²) in [6, 6.07) is -0.621. The number of nitrogens with zero attached hydrogens (tertiary/aromatic N) is 1. The number of carbonyl (C=O) groups excluding carboxylic acids is 2. The summed E-state index contributed by atoms with van der Waals surface area (Å²) in [5, 5.41) is 3.01. The van der Waals surface area contributed by atoms with Gasteiger partial charge in [-0.3, -0.25) is 9.59 Å². The monoisotopic (exact) mass is 229 g/mol. The van der Waals surface area contributed by atoms with Gasteiger partial charge in [0.15, 0.2) is 0 Å². The molecule has 1 saturated heterocycles. The molecule has 0 aromatic heterocycles. The minimum absolute atomic E-state index is 0.0967. The molecule has 0 radical (unpaired) electrons. The van der Waals surface area contributed by atoms with Gasteiger partial charge in [-0.25, -0.2) is 0 Å². The number of carbonyl (C=O) groups is 2. The minimum atomic E-state index is -0.621. The molecule has 0 aromatic rings. The SMILES string of the molecule is CCCNCC(=O)N1CCOCC1C(N)=O. The molecule has 0 spiro atoms. The van der Waals surface area contributed by atoms with E-state index in [4.69, 9.17) is 10.5 Å². The summed E-state index contributed by atoms with van der Waals surface area (Å²) in [4.78, 5) is 24.4. The van der Waals surface area contributed by atoms with Gasteiger partial charge in [-0.15, -0.1) is 0 Å². The molecule has 0 aliphatic carbocycles. The lowest BCUT2D eigenvalue weighted by Gasteiger charge is -2.33. The number of nitrogens with one attached hydrogen (secondary N) is 1. The van der Waals surface area contributed by atoms with Crippen molar-refractivity contribution in [2.24, 2.45) is 5.73 Å². The average molecular weight is 229 g/mol. The molecular weight excluding hydrogens is 210 g/mol. The molecule has 1 rings (SSSR count). The van der Waals surface area contributed by atoms with Gasteiger partial charge in [0.05, 0.1) is 19.8 Å². The molecule has 0 aromatic carbocycles. The van der Waals surface area contributed by atoms with Crippen molar-refractivity contribution < 1.29 is 14.3 Å². The molecule has 92 valence electrons. The van der Waals surface area contributed by atoms with Gasteiger partial charge in [-0.1, -0.05) is 6.92 Å². The largest absolute Gasteiger partial charge is 0.377 e. The molecule has 6 nitrogen and oxygen atoms in total. The average Bonchev–Trinajstić information content (AvgIpc) is 2.29. The number of ether oxygens (including phenoxy) is 1. The first kappa shape index (κ1) is 12.9. The lowest BCUT2D eigenvalue weighted by atomic mass is 10.2. The highest BCUT2D eigenvalue weighted by molar-refractivity contribution is 5.87. The summed E-state index contributed by atoms with van der Waals surface area (Å²) in [6.45, 7) is 4.16. The number of hydrogen-bond acceptors (Lipinski definition) is 4. The standard InChI is InChI=1S/C10H19N3O3/c1-2-3-12-6-9(14)13-4-5-16-7-8(13)10(11)15/h8,12H,2-7H2,1H3,(H2,11,15). The van der Waals surface area contributed by atoms with E-state index >= 15 is 0 Å². The number of primary amides is 1. The Morgan fingerprint density at radius 1 is 1.56 bits per heavy atom. The predicted octanol–water partition coefficient (Wildman–Crippen LogP) is -1.30. The Kier molecular flexibility index (Phi) is 5.21. The molecule has 6 heteroatoms. The second-order valence-corrected chi connectivity index (χ2v) is 3.76. The van der Waals surface area contributed by atoms with Crippen molar-refractivity contribution in [2.75, 3.05) is 32.8 Å². The van der Waals surface area contributed by atoms with Crippen molar-refractivity contribution in [3.8, 4) is 0 Å². The van der Waals surface area contributed by atoms with Crippen molar-refractivity contribution in [1.29, 1.82) is 0 Å². The molecule has 1 fully saturated rings. The Balaban J connectivity index is 2.47. The highest BCUT2D eigenvalue weighted by Gasteiger charge is 2.30. The maximum absolute atomic E-state index is 11.8. The van der Waals surface area contributed by atoms with E-state index in [1.807, 2.05) is 6.92 Å². The van der Waals surface area contributed by atoms with Gasteiger partial charge in [0.25, 0.3) is 0 Å². The highest BCUT2D eigenvalue weighted by atomic mass is 16.5. The first-order valence-electron chi connectivity index (χ1n) is 5.54. The van der Waals surface area contributed by atoms with Crippen LogP contribution in [0.3, 0.4) is 0 Å². The first-order chi connectivity index (χ1) is 7.66. The summed E-state index contributed by atoms with van der Waals surface area (Å²) in [6.07, 6.45) is 0.968. The number of morpholine rings is 1. The van der Waals surface area contributed by atoms with Crippen LogP contribution in [0.15, 0.2) is 0 Å². The highest BCUT2D eigenvalue weighted by Crippen LogP contribution is 2.06. The van der Waals surface area contributed by atoms with E-state index in [2.05, 4.69) is 5.32 Å². The van der Waals surface area contributed by atoms with Crippen LogP contribution in [0.25, 0.3) is 0 Å². The van der Waals surface area contributed by atoms with Crippen LogP contribution in [0.2, 0.25) is 0 Å². The van der Waals surface area contributed by atoms with Gasteiger partial charge in [-0.2, -0.15) is 0 Å². The number of rotatable bonds is 5. The van der Waals surface area contributed by atoms with Crippen molar-refractivity contribution in [3.05, 3.63) is 0 Å². The van der Waals surface area contributed by atoms with Gasteiger partial charge in [0.1, 0.15) is 6.04 Å². The maximum atomic E-state index is 11.8. The van der Waals surface area contributed by atoms with Gasteiger partial charge in [0, 0.05) is 6.54 Å². The van der Waals surface area contributed by atoms with Crippen LogP contribution in [-0.4, -0.2) is 55.6 Å². The zero-order valence-corrected chi connectivity index (χ0v) is 9.57. The summed E-state index contributed by atoms with van der Waals surface area (Å²) in [5.74, 6) is -0.607. The van der Waals surface area contributed by atoms with Crippen molar-refractivity contribution >= 4 is 11.8 Å². The van der Waals surface area contributed by atoms with E-state index in [1.165, 1.54) is 4.90 Å². The Morgan fingerprint density at radius 3 is 2.94 bits per heavy atom. The van der Waals surface area contributed by atoms with Crippen LogP contribution in [0.1, 0.15) is 13.3 Å². The van der Waals surface area contributed by atoms with Crippen LogP contribution < -0.4 is 11.1 Å². The van der Waals surface area contributed by atoms with Crippen LogP contribution >= 0.6 is 0 Å². The lowest BCUT2D eigenvalue weighted by Crippen LogP contribution is -2.56. The van der Waals surface area contributed by atoms with E-state index in [-0.39, 0.29) is 19.1 Å². The molecule has 0 saturated carbocycles. The summed E-state index contributed by atoms with van der Waals surface area (Å²) >= 11 is 0. The number of nitrogens with two attached hydrogens (primary N) is 1. The van der Waals surface area contributed by atoms with Crippen LogP contribution in [0.5, 0.6) is 0 Å². The van der Waals surface area contributed by atoms with E-state index in [0.717, 1.165) is 13.0 Å². The van der Waals surface area contributed by atoms with Gasteiger partial charge in [0.2, 0.25) is 11.8 Å². The fraction of sp³-hybridized carbons (Fsp3) is 0.800. The fourth-order valence-electron chi connectivity index (χ4n) is 1.61. The Bertz CT molecular complexity index is 258. The van der Waals surface area contributed by atoms with E-state index < -0.39 is 11.9 Å². The van der Waals surface area contributed by atoms with Gasteiger partial charge in [-0.05, 0) is 13.0 Å². The van der Waals surface area contributed by atoms with Crippen molar-refractivity contribution in [2.45, 2.75) is 19.4 Å². The topological polar surface area (TPSA) is 84.7 Å². The summed E-state index contributed by atoms with van der Waals surface area (Å²) in [5.41, 5.74) is 5.22. The van der Waals surface area contributed by atoms with E-state index in [0.29, 0.717) is 13.2 Å². The fourth-order valence-corrected chi connectivity index (χ4v) is 1.61. The molecule has 1 atom stereocenters. The molecule has 0 bridgehead atoms. The third-order valence-corrected chi connectivity index (χ3v) is 2.48. The Hall–Kier alpha value is -1.14. The smallest absolute Gasteiger partial charge is 0.242 e. The van der Waals surface area contributed by atoms with Gasteiger partial charge >= 0.3 is 0 Å². The second kappa shape index (κ2) is 6.44. The molecule has 3 N–H and O–H groups in total. The number of amides is 2. The maximum Gasteiger partial charge on any atom is 0.242 e. The van der Waals surface area contributed by atoms with Crippen molar-refractivity contribution in [3.63, 3.8) is 0 Å². The normalized spacial score (nSPS) is 20.8. The minimum Gasteiger partial charge on any atom is -0.377 e. The molecule has 1 unspecified atom stereocenters. The summed E-state index contributed by atoms with van der Waals surface area (Å²) in [7, 11) is 0. The molecule has 1 aliphatic heterocycles. The van der Waals surface area contributed by atoms with Crippen molar-refractivity contribution in [1.82, 2.24) is 10.2 Å². The molecule has 1 heterocycles. The van der Waals surface area contributed by atoms with Gasteiger partial charge < -0.3 is 20.7 Å². The third kappa shape index (κ3) is 3.46. The second-order valence-electron chi connectivity index (χ2n) is 3.76. The molecule has 2 amide bonds. The predicted molar refractivity (Wildman–Crippen MR) is 58.7 cm³/mol. The zero-order chi connectivity index (χ0) is 12.0. The van der Waals surface area contributed by atoms with Crippen LogP contribution in [0, 0.1) is 0 Å². The Labute approximate surface area is 95.1 Å².